The number of benzene rings is 1. The van der Waals surface area contributed by atoms with Crippen LogP contribution >= 0.6 is 0 Å². The fourth-order valence-corrected chi connectivity index (χ4v) is 4.22. The van der Waals surface area contributed by atoms with E-state index < -0.39 is 0 Å². The average molecular weight is 408 g/mol. The zero-order valence-corrected chi connectivity index (χ0v) is 18.1. The average Bonchev–Trinajstić information content (AvgIpc) is 3.32. The van der Waals surface area contributed by atoms with Gasteiger partial charge in [-0.15, -0.1) is 0 Å². The Morgan fingerprint density at radius 3 is 2.93 bits per heavy atom. The van der Waals surface area contributed by atoms with Crippen molar-refractivity contribution in [1.29, 1.82) is 0 Å². The Morgan fingerprint density at radius 2 is 2.17 bits per heavy atom. The number of aromatic nitrogens is 3. The molecule has 2 aromatic heterocycles. The molecular weight excluding hydrogens is 378 g/mol. The molecule has 0 radical (unpaired) electrons. The summed E-state index contributed by atoms with van der Waals surface area (Å²) in [6.07, 6.45) is 3.62. The number of hydrogen-bond acceptors (Lipinski definition) is 4. The Labute approximate surface area is 177 Å². The van der Waals surface area contributed by atoms with Gasteiger partial charge in [-0.05, 0) is 62.9 Å². The molecule has 30 heavy (non-hydrogen) atoms. The van der Waals surface area contributed by atoms with E-state index in [4.69, 9.17) is 9.72 Å². The topological polar surface area (TPSA) is 72.3 Å². The maximum Gasteiger partial charge on any atom is 0.321 e. The van der Waals surface area contributed by atoms with Crippen molar-refractivity contribution in [3.8, 4) is 5.75 Å². The zero-order chi connectivity index (χ0) is 21.3. The van der Waals surface area contributed by atoms with E-state index in [0.717, 1.165) is 41.9 Å². The van der Waals surface area contributed by atoms with E-state index in [-0.39, 0.29) is 12.1 Å². The highest BCUT2D eigenvalue weighted by atomic mass is 16.5. The molecule has 7 heteroatoms. The Balaban J connectivity index is 1.45. The van der Waals surface area contributed by atoms with E-state index in [1.807, 2.05) is 48.4 Å². The number of amides is 2. The van der Waals surface area contributed by atoms with Gasteiger partial charge in [0.25, 0.3) is 0 Å². The largest absolute Gasteiger partial charge is 0.495 e. The number of fused-ring (bicyclic) bond motifs is 1. The third-order valence-electron chi connectivity index (χ3n) is 5.68. The summed E-state index contributed by atoms with van der Waals surface area (Å²) in [5.41, 5.74) is 3.65. The Morgan fingerprint density at radius 1 is 1.33 bits per heavy atom. The van der Waals surface area contributed by atoms with Gasteiger partial charge >= 0.3 is 6.03 Å². The number of nitrogens with zero attached hydrogens (tertiary/aromatic N) is 4. The number of imidazole rings is 1. The first-order chi connectivity index (χ1) is 14.5. The molecular formula is C23H29N5O2. The zero-order valence-electron chi connectivity index (χ0n) is 18.1. The lowest BCUT2D eigenvalue weighted by atomic mass is 10.0. The number of anilines is 1. The minimum Gasteiger partial charge on any atom is -0.495 e. The second kappa shape index (κ2) is 8.34. The maximum absolute atomic E-state index is 12.8. The summed E-state index contributed by atoms with van der Waals surface area (Å²) in [5.74, 6) is 2.10. The highest BCUT2D eigenvalue weighted by Gasteiger charge is 2.29. The van der Waals surface area contributed by atoms with Crippen molar-refractivity contribution in [3.05, 3.63) is 47.9 Å². The molecule has 0 spiro atoms. The summed E-state index contributed by atoms with van der Waals surface area (Å²) >= 11 is 0. The van der Waals surface area contributed by atoms with Gasteiger partial charge in [-0.1, -0.05) is 6.07 Å². The van der Waals surface area contributed by atoms with Crippen LogP contribution in [0.3, 0.4) is 0 Å². The van der Waals surface area contributed by atoms with Gasteiger partial charge < -0.3 is 19.5 Å². The fraction of sp³-hybridized carbons (Fsp3) is 0.435. The number of urea groups is 1. The first kappa shape index (κ1) is 20.2. The monoisotopic (exact) mass is 407 g/mol. The van der Waals surface area contributed by atoms with E-state index in [2.05, 4.69) is 28.7 Å². The summed E-state index contributed by atoms with van der Waals surface area (Å²) in [6.45, 7) is 7.77. The number of aryl methyl sites for hydroxylation is 1. The van der Waals surface area contributed by atoms with Crippen molar-refractivity contribution in [2.45, 2.75) is 39.7 Å². The van der Waals surface area contributed by atoms with Crippen molar-refractivity contribution in [2.24, 2.45) is 5.92 Å². The smallest absolute Gasteiger partial charge is 0.321 e. The predicted octanol–water partition coefficient (Wildman–Crippen LogP) is 4.43. The molecule has 158 valence electrons. The number of carbonyl (C=O) groups is 1. The van der Waals surface area contributed by atoms with Crippen LogP contribution in [0.25, 0.3) is 11.2 Å². The SMILES string of the molecule is COc1ccc(C)cc1NC(=O)N1CCC(Cc2nc3cccnc3n2C(C)C)C1. The minimum absolute atomic E-state index is 0.0829. The number of carbonyl (C=O) groups excluding carboxylic acids is 1. The highest BCUT2D eigenvalue weighted by molar-refractivity contribution is 5.91. The van der Waals surface area contributed by atoms with E-state index in [1.54, 1.807) is 7.11 Å². The van der Waals surface area contributed by atoms with Crippen molar-refractivity contribution in [3.63, 3.8) is 0 Å². The number of pyridine rings is 1. The van der Waals surface area contributed by atoms with Gasteiger partial charge in [0, 0.05) is 31.7 Å². The van der Waals surface area contributed by atoms with Crippen molar-refractivity contribution in [2.75, 3.05) is 25.5 Å². The molecule has 1 aliphatic heterocycles. The van der Waals surface area contributed by atoms with Crippen molar-refractivity contribution < 1.29 is 9.53 Å². The summed E-state index contributed by atoms with van der Waals surface area (Å²) in [6, 6.07) is 9.91. The second-order valence-corrected chi connectivity index (χ2v) is 8.28. The van der Waals surface area contributed by atoms with E-state index in [1.165, 1.54) is 0 Å². The van der Waals surface area contributed by atoms with E-state index in [0.29, 0.717) is 23.9 Å². The van der Waals surface area contributed by atoms with Crippen LogP contribution < -0.4 is 10.1 Å². The predicted molar refractivity (Wildman–Crippen MR) is 118 cm³/mol. The summed E-state index contributed by atoms with van der Waals surface area (Å²) in [5, 5.41) is 3.01. The number of methoxy groups -OCH3 is 1. The molecule has 4 rings (SSSR count). The summed E-state index contributed by atoms with van der Waals surface area (Å²) in [7, 11) is 1.61. The molecule has 1 fully saturated rings. The van der Waals surface area contributed by atoms with Crippen LogP contribution in [0.5, 0.6) is 5.75 Å². The van der Waals surface area contributed by atoms with Crippen LogP contribution in [0.15, 0.2) is 36.5 Å². The lowest BCUT2D eigenvalue weighted by Crippen LogP contribution is -2.33. The lowest BCUT2D eigenvalue weighted by Gasteiger charge is -2.19. The van der Waals surface area contributed by atoms with Gasteiger partial charge in [-0.25, -0.2) is 14.8 Å². The van der Waals surface area contributed by atoms with Crippen molar-refractivity contribution >= 4 is 22.9 Å². The van der Waals surface area contributed by atoms with Crippen LogP contribution in [0.1, 0.15) is 37.7 Å². The number of rotatable bonds is 5. The number of likely N-dealkylation sites (tertiary alicyclic amines) is 1. The number of hydrogen-bond donors (Lipinski definition) is 1. The lowest BCUT2D eigenvalue weighted by molar-refractivity contribution is 0.220. The molecule has 0 saturated carbocycles. The van der Waals surface area contributed by atoms with Gasteiger partial charge in [-0.3, -0.25) is 0 Å². The van der Waals surface area contributed by atoms with Gasteiger partial charge in [-0.2, -0.15) is 0 Å². The van der Waals surface area contributed by atoms with Gasteiger partial charge in [0.15, 0.2) is 5.65 Å². The van der Waals surface area contributed by atoms with Crippen LogP contribution in [0.2, 0.25) is 0 Å². The van der Waals surface area contributed by atoms with E-state index in [9.17, 15) is 4.79 Å². The molecule has 1 aliphatic rings. The second-order valence-electron chi connectivity index (χ2n) is 8.28. The molecule has 7 nitrogen and oxygen atoms in total. The number of nitrogens with one attached hydrogen (secondary N) is 1. The maximum atomic E-state index is 12.8. The standard InChI is InChI=1S/C23H29N5O2/c1-15(2)28-21(25-18-6-5-10-24-22(18)28)13-17-9-11-27(14-17)23(29)26-19-12-16(3)7-8-20(19)30-4/h5-8,10,12,15,17H,9,11,13-14H2,1-4H3,(H,26,29). The van der Waals surface area contributed by atoms with Crippen LogP contribution in [-0.4, -0.2) is 45.7 Å². The molecule has 1 saturated heterocycles. The molecule has 0 bridgehead atoms. The molecule has 1 N–H and O–H groups in total. The Kier molecular flexibility index (Phi) is 5.61. The minimum atomic E-state index is -0.0829. The molecule has 2 amide bonds. The number of ether oxygens (including phenoxy) is 1. The molecule has 3 heterocycles. The normalized spacial score (nSPS) is 16.4. The molecule has 1 unspecified atom stereocenters. The van der Waals surface area contributed by atoms with Crippen LogP contribution in [0.4, 0.5) is 10.5 Å². The Bertz CT molecular complexity index is 1060. The van der Waals surface area contributed by atoms with Crippen LogP contribution in [-0.2, 0) is 6.42 Å². The molecule has 0 aliphatic carbocycles. The first-order valence-corrected chi connectivity index (χ1v) is 10.5. The van der Waals surface area contributed by atoms with E-state index >= 15 is 0 Å². The Hall–Kier alpha value is -3.09. The molecule has 3 aromatic rings. The molecule has 1 atom stereocenters. The van der Waals surface area contributed by atoms with Gasteiger partial charge in [0.1, 0.15) is 17.1 Å². The highest BCUT2D eigenvalue weighted by Crippen LogP contribution is 2.28. The van der Waals surface area contributed by atoms with Gasteiger partial charge in [0.05, 0.1) is 12.8 Å². The third-order valence-corrected chi connectivity index (χ3v) is 5.68. The first-order valence-electron chi connectivity index (χ1n) is 10.5. The van der Waals surface area contributed by atoms with Gasteiger partial charge in [0.2, 0.25) is 0 Å². The third kappa shape index (κ3) is 3.97. The fourth-order valence-electron chi connectivity index (χ4n) is 4.22. The quantitative estimate of drug-likeness (QED) is 0.679. The summed E-state index contributed by atoms with van der Waals surface area (Å²) in [4.78, 5) is 24.1. The van der Waals surface area contributed by atoms with Crippen LogP contribution in [0, 0.1) is 12.8 Å². The van der Waals surface area contributed by atoms with Crippen molar-refractivity contribution in [1.82, 2.24) is 19.4 Å². The molecule has 1 aromatic carbocycles. The summed E-state index contributed by atoms with van der Waals surface area (Å²) < 4.78 is 7.60.